The highest BCUT2D eigenvalue weighted by molar-refractivity contribution is 7.88. The van der Waals surface area contributed by atoms with Gasteiger partial charge in [-0.3, -0.25) is 4.79 Å². The molecule has 124 valence electrons. The molecule has 0 spiro atoms. The van der Waals surface area contributed by atoms with Crippen molar-refractivity contribution in [1.82, 2.24) is 9.21 Å². The molecule has 0 aromatic heterocycles. The number of benzene rings is 1. The Balaban J connectivity index is 1.91. The number of hydrogen-bond donors (Lipinski definition) is 0. The van der Waals surface area contributed by atoms with E-state index in [0.29, 0.717) is 38.0 Å². The number of amides is 1. The van der Waals surface area contributed by atoms with Crippen molar-refractivity contribution in [2.24, 2.45) is 5.92 Å². The Hall–Kier alpha value is -1.91. The predicted octanol–water partition coefficient (Wildman–Crippen LogP) is 1.19. The Bertz CT molecular complexity index is 699. The molecule has 0 N–H and O–H groups in total. The van der Waals surface area contributed by atoms with Crippen LogP contribution in [-0.2, 0) is 21.4 Å². The smallest absolute Gasteiger partial charge is 0.225 e. The molecule has 0 radical (unpaired) electrons. The van der Waals surface area contributed by atoms with E-state index in [4.69, 9.17) is 5.26 Å². The molecule has 0 saturated carbocycles. The lowest BCUT2D eigenvalue weighted by Crippen LogP contribution is -2.42. The summed E-state index contributed by atoms with van der Waals surface area (Å²) in [4.78, 5) is 14.2. The van der Waals surface area contributed by atoms with Crippen molar-refractivity contribution < 1.29 is 13.2 Å². The summed E-state index contributed by atoms with van der Waals surface area (Å²) in [5.74, 6) is -0.0844. The topological polar surface area (TPSA) is 81.5 Å². The highest BCUT2D eigenvalue weighted by Gasteiger charge is 2.30. The van der Waals surface area contributed by atoms with Crippen LogP contribution in [0.25, 0.3) is 0 Å². The molecule has 6 nitrogen and oxygen atoms in total. The van der Waals surface area contributed by atoms with Crippen LogP contribution in [0.5, 0.6) is 0 Å². The number of hydrogen-bond acceptors (Lipinski definition) is 4. The zero-order valence-electron chi connectivity index (χ0n) is 13.4. The number of carbonyl (C=O) groups excluding carboxylic acids is 1. The van der Waals surface area contributed by atoms with E-state index in [0.717, 1.165) is 5.56 Å². The fourth-order valence-electron chi connectivity index (χ4n) is 2.78. The molecule has 1 amide bonds. The second-order valence-corrected chi connectivity index (χ2v) is 7.92. The van der Waals surface area contributed by atoms with E-state index in [1.807, 2.05) is 12.1 Å². The van der Waals surface area contributed by atoms with Crippen LogP contribution in [0.2, 0.25) is 0 Å². The van der Waals surface area contributed by atoms with Crippen molar-refractivity contribution in [1.29, 1.82) is 5.26 Å². The zero-order chi connectivity index (χ0) is 17.0. The van der Waals surface area contributed by atoms with Crippen LogP contribution < -0.4 is 0 Å². The Morgan fingerprint density at radius 3 is 2.35 bits per heavy atom. The van der Waals surface area contributed by atoms with Gasteiger partial charge in [0.2, 0.25) is 15.9 Å². The van der Waals surface area contributed by atoms with Crippen molar-refractivity contribution in [3.8, 4) is 6.07 Å². The first kappa shape index (κ1) is 17.4. The monoisotopic (exact) mass is 335 g/mol. The molecule has 0 aliphatic carbocycles. The number of nitriles is 1. The minimum Gasteiger partial charge on any atom is -0.341 e. The van der Waals surface area contributed by atoms with Crippen molar-refractivity contribution in [3.05, 3.63) is 35.4 Å². The molecule has 1 fully saturated rings. The lowest BCUT2D eigenvalue weighted by molar-refractivity contribution is -0.135. The second-order valence-electron chi connectivity index (χ2n) is 5.94. The fourth-order valence-corrected chi connectivity index (χ4v) is 3.66. The van der Waals surface area contributed by atoms with Crippen molar-refractivity contribution >= 4 is 15.9 Å². The molecule has 1 aliphatic heterocycles. The van der Waals surface area contributed by atoms with Crippen LogP contribution in [0, 0.1) is 17.2 Å². The molecule has 1 saturated heterocycles. The van der Waals surface area contributed by atoms with Gasteiger partial charge in [-0.05, 0) is 30.5 Å². The lowest BCUT2D eigenvalue weighted by Gasteiger charge is -2.31. The minimum absolute atomic E-state index is 0.0440. The standard InChI is InChI=1S/C16H21N3O3S/c1-18(12-14-5-3-13(11-17)4-6-14)16(20)15-7-9-19(10-8-15)23(2,21)22/h3-6,15H,7-10,12H2,1-2H3. The van der Waals surface area contributed by atoms with Gasteiger partial charge in [-0.2, -0.15) is 5.26 Å². The van der Waals surface area contributed by atoms with Crippen LogP contribution in [0.3, 0.4) is 0 Å². The molecule has 1 aromatic rings. The van der Waals surface area contributed by atoms with Crippen LogP contribution >= 0.6 is 0 Å². The van der Waals surface area contributed by atoms with Crippen LogP contribution in [0.1, 0.15) is 24.0 Å². The van der Waals surface area contributed by atoms with Gasteiger partial charge in [0.25, 0.3) is 0 Å². The summed E-state index contributed by atoms with van der Waals surface area (Å²) >= 11 is 0. The molecule has 2 rings (SSSR count). The quantitative estimate of drug-likeness (QED) is 0.827. The van der Waals surface area contributed by atoms with Crippen LogP contribution in [0.4, 0.5) is 0 Å². The molecular weight excluding hydrogens is 314 g/mol. The van der Waals surface area contributed by atoms with Gasteiger partial charge in [0.1, 0.15) is 0 Å². The summed E-state index contributed by atoms with van der Waals surface area (Å²) in [6.07, 6.45) is 2.32. The number of rotatable bonds is 4. The molecule has 1 aliphatic rings. The van der Waals surface area contributed by atoms with Crippen LogP contribution in [0.15, 0.2) is 24.3 Å². The molecule has 0 atom stereocenters. The first-order valence-corrected chi connectivity index (χ1v) is 9.35. The lowest BCUT2D eigenvalue weighted by atomic mass is 9.96. The molecular formula is C16H21N3O3S. The van der Waals surface area contributed by atoms with E-state index in [2.05, 4.69) is 6.07 Å². The van der Waals surface area contributed by atoms with Crippen molar-refractivity contribution in [2.75, 3.05) is 26.4 Å². The summed E-state index contributed by atoms with van der Waals surface area (Å²) in [5.41, 5.74) is 1.56. The summed E-state index contributed by atoms with van der Waals surface area (Å²) in [6, 6.07) is 9.22. The Labute approximate surface area is 137 Å². The Morgan fingerprint density at radius 1 is 1.30 bits per heavy atom. The predicted molar refractivity (Wildman–Crippen MR) is 86.8 cm³/mol. The van der Waals surface area contributed by atoms with Gasteiger partial charge in [-0.25, -0.2) is 12.7 Å². The number of sulfonamides is 1. The third-order valence-corrected chi connectivity index (χ3v) is 5.45. The largest absolute Gasteiger partial charge is 0.341 e. The second kappa shape index (κ2) is 7.11. The van der Waals surface area contributed by atoms with E-state index in [9.17, 15) is 13.2 Å². The Kier molecular flexibility index (Phi) is 5.39. The van der Waals surface area contributed by atoms with Gasteiger partial charge in [-0.1, -0.05) is 12.1 Å². The van der Waals surface area contributed by atoms with E-state index >= 15 is 0 Å². The minimum atomic E-state index is -3.17. The van der Waals surface area contributed by atoms with E-state index in [1.54, 1.807) is 24.1 Å². The normalized spacial score (nSPS) is 16.7. The summed E-state index contributed by atoms with van der Waals surface area (Å²) in [5, 5.41) is 8.79. The molecule has 23 heavy (non-hydrogen) atoms. The summed E-state index contributed by atoms with van der Waals surface area (Å²) in [6.45, 7) is 1.29. The first-order chi connectivity index (χ1) is 10.8. The number of carbonyl (C=O) groups is 1. The highest BCUT2D eigenvalue weighted by Crippen LogP contribution is 2.21. The maximum atomic E-state index is 12.5. The average molecular weight is 335 g/mol. The van der Waals surface area contributed by atoms with E-state index < -0.39 is 10.0 Å². The van der Waals surface area contributed by atoms with E-state index in [1.165, 1.54) is 10.6 Å². The SMILES string of the molecule is CN(Cc1ccc(C#N)cc1)C(=O)C1CCN(S(C)(=O)=O)CC1. The highest BCUT2D eigenvalue weighted by atomic mass is 32.2. The number of nitrogens with zero attached hydrogens (tertiary/aromatic N) is 3. The molecule has 7 heteroatoms. The zero-order valence-corrected chi connectivity index (χ0v) is 14.2. The maximum Gasteiger partial charge on any atom is 0.225 e. The molecule has 1 aromatic carbocycles. The van der Waals surface area contributed by atoms with Crippen molar-refractivity contribution in [2.45, 2.75) is 19.4 Å². The summed E-state index contributed by atoms with van der Waals surface area (Å²) in [7, 11) is -1.41. The molecule has 0 unspecified atom stereocenters. The number of piperidine rings is 1. The van der Waals surface area contributed by atoms with Crippen molar-refractivity contribution in [3.63, 3.8) is 0 Å². The average Bonchev–Trinajstić information content (AvgIpc) is 2.54. The third-order valence-electron chi connectivity index (χ3n) is 4.15. The third kappa shape index (κ3) is 4.53. The molecule has 1 heterocycles. The summed E-state index contributed by atoms with van der Waals surface area (Å²) < 4.78 is 24.4. The van der Waals surface area contributed by atoms with Gasteiger partial charge >= 0.3 is 0 Å². The Morgan fingerprint density at radius 2 is 1.87 bits per heavy atom. The fraction of sp³-hybridized carbons (Fsp3) is 0.500. The van der Waals surface area contributed by atoms with Gasteiger partial charge in [0, 0.05) is 32.6 Å². The van der Waals surface area contributed by atoms with E-state index in [-0.39, 0.29) is 11.8 Å². The van der Waals surface area contributed by atoms with Gasteiger partial charge in [0.15, 0.2) is 0 Å². The van der Waals surface area contributed by atoms with Gasteiger partial charge in [0.05, 0.1) is 17.9 Å². The van der Waals surface area contributed by atoms with Gasteiger partial charge in [-0.15, -0.1) is 0 Å². The molecule has 0 bridgehead atoms. The van der Waals surface area contributed by atoms with Gasteiger partial charge < -0.3 is 4.90 Å². The first-order valence-electron chi connectivity index (χ1n) is 7.50. The van der Waals surface area contributed by atoms with Crippen LogP contribution in [-0.4, -0.2) is 49.9 Å². The maximum absolute atomic E-state index is 12.5.